The van der Waals surface area contributed by atoms with Gasteiger partial charge in [0.1, 0.15) is 5.82 Å². The standard InChI is InChI=1S/C10H18N4S/c1-4-8(7-15-3)14(2)10-6-5-9(11)12-13-10/h5-6,8H,4,7H2,1-3H3,(H2,11,12). The minimum Gasteiger partial charge on any atom is -0.382 e. The Morgan fingerprint density at radius 1 is 1.47 bits per heavy atom. The summed E-state index contributed by atoms with van der Waals surface area (Å²) in [4.78, 5) is 2.16. The zero-order valence-corrected chi connectivity index (χ0v) is 10.3. The van der Waals surface area contributed by atoms with Gasteiger partial charge < -0.3 is 10.6 Å². The van der Waals surface area contributed by atoms with Crippen molar-refractivity contribution in [3.8, 4) is 0 Å². The second-order valence-corrected chi connectivity index (χ2v) is 4.36. The molecule has 0 radical (unpaired) electrons. The maximum atomic E-state index is 5.50. The number of hydrogen-bond acceptors (Lipinski definition) is 5. The highest BCUT2D eigenvalue weighted by Crippen LogP contribution is 2.16. The molecule has 5 heteroatoms. The highest BCUT2D eigenvalue weighted by Gasteiger charge is 2.13. The molecule has 15 heavy (non-hydrogen) atoms. The van der Waals surface area contributed by atoms with Crippen molar-refractivity contribution in [1.29, 1.82) is 0 Å². The van der Waals surface area contributed by atoms with Crippen molar-refractivity contribution in [1.82, 2.24) is 10.2 Å². The van der Waals surface area contributed by atoms with E-state index in [0.29, 0.717) is 11.9 Å². The zero-order valence-electron chi connectivity index (χ0n) is 9.47. The first kappa shape index (κ1) is 12.1. The summed E-state index contributed by atoms with van der Waals surface area (Å²) in [6, 6.07) is 4.19. The lowest BCUT2D eigenvalue weighted by Gasteiger charge is -2.27. The van der Waals surface area contributed by atoms with Gasteiger partial charge in [-0.05, 0) is 24.8 Å². The van der Waals surface area contributed by atoms with Crippen molar-refractivity contribution in [2.45, 2.75) is 19.4 Å². The number of thioether (sulfide) groups is 1. The molecule has 1 aromatic heterocycles. The van der Waals surface area contributed by atoms with Crippen LogP contribution >= 0.6 is 11.8 Å². The molecule has 0 aliphatic heterocycles. The van der Waals surface area contributed by atoms with E-state index in [4.69, 9.17) is 5.73 Å². The van der Waals surface area contributed by atoms with E-state index in [1.807, 2.05) is 24.9 Å². The molecule has 0 spiro atoms. The van der Waals surface area contributed by atoms with Gasteiger partial charge in [0.2, 0.25) is 0 Å². The topological polar surface area (TPSA) is 55.0 Å². The predicted octanol–water partition coefficient (Wildman–Crippen LogP) is 1.64. The highest BCUT2D eigenvalue weighted by atomic mass is 32.2. The van der Waals surface area contributed by atoms with Crippen molar-refractivity contribution in [3.63, 3.8) is 0 Å². The number of nitrogens with two attached hydrogens (primary N) is 1. The molecule has 0 fully saturated rings. The first-order chi connectivity index (χ1) is 7.19. The van der Waals surface area contributed by atoms with Crippen LogP contribution in [0.15, 0.2) is 12.1 Å². The average molecular weight is 226 g/mol. The van der Waals surface area contributed by atoms with Crippen LogP contribution in [0.1, 0.15) is 13.3 Å². The largest absolute Gasteiger partial charge is 0.382 e. The Morgan fingerprint density at radius 3 is 2.67 bits per heavy atom. The Bertz CT molecular complexity index is 288. The summed E-state index contributed by atoms with van der Waals surface area (Å²) in [5.74, 6) is 2.44. The van der Waals surface area contributed by atoms with Gasteiger partial charge in [0, 0.05) is 18.8 Å². The summed E-state index contributed by atoms with van der Waals surface area (Å²) in [6.45, 7) is 2.18. The molecule has 0 saturated carbocycles. The molecule has 0 saturated heterocycles. The molecule has 1 heterocycles. The molecular formula is C10H18N4S. The van der Waals surface area contributed by atoms with Gasteiger partial charge in [0.05, 0.1) is 0 Å². The molecule has 0 aliphatic rings. The van der Waals surface area contributed by atoms with E-state index in [0.717, 1.165) is 18.0 Å². The van der Waals surface area contributed by atoms with Crippen LogP contribution in [-0.2, 0) is 0 Å². The van der Waals surface area contributed by atoms with E-state index in [9.17, 15) is 0 Å². The molecule has 1 rings (SSSR count). The molecule has 4 nitrogen and oxygen atoms in total. The van der Waals surface area contributed by atoms with Crippen LogP contribution in [0.25, 0.3) is 0 Å². The van der Waals surface area contributed by atoms with Crippen molar-refractivity contribution in [3.05, 3.63) is 12.1 Å². The molecule has 84 valence electrons. The van der Waals surface area contributed by atoms with Crippen LogP contribution in [-0.4, -0.2) is 35.3 Å². The molecule has 0 aromatic carbocycles. The summed E-state index contributed by atoms with van der Waals surface area (Å²) >= 11 is 1.85. The second kappa shape index (κ2) is 5.80. The van der Waals surface area contributed by atoms with Gasteiger partial charge in [-0.1, -0.05) is 6.92 Å². The van der Waals surface area contributed by atoms with Gasteiger partial charge in [-0.15, -0.1) is 10.2 Å². The van der Waals surface area contributed by atoms with E-state index in [1.54, 1.807) is 6.07 Å². The van der Waals surface area contributed by atoms with Crippen molar-refractivity contribution in [2.75, 3.05) is 29.7 Å². The minimum absolute atomic E-state index is 0.463. The fourth-order valence-electron chi connectivity index (χ4n) is 1.41. The number of rotatable bonds is 5. The first-order valence-corrected chi connectivity index (χ1v) is 6.39. The van der Waals surface area contributed by atoms with Gasteiger partial charge in [-0.2, -0.15) is 11.8 Å². The highest BCUT2D eigenvalue weighted by molar-refractivity contribution is 7.98. The van der Waals surface area contributed by atoms with Crippen molar-refractivity contribution in [2.24, 2.45) is 0 Å². The van der Waals surface area contributed by atoms with E-state index in [2.05, 4.69) is 28.3 Å². The quantitative estimate of drug-likeness (QED) is 0.827. The average Bonchev–Trinajstić information content (AvgIpc) is 2.26. The van der Waals surface area contributed by atoms with Gasteiger partial charge in [-0.3, -0.25) is 0 Å². The summed E-state index contributed by atoms with van der Waals surface area (Å²) in [5.41, 5.74) is 5.50. The molecule has 2 N–H and O–H groups in total. The molecular weight excluding hydrogens is 208 g/mol. The molecule has 1 unspecified atom stereocenters. The van der Waals surface area contributed by atoms with Crippen molar-refractivity contribution >= 4 is 23.4 Å². The third-order valence-corrected chi connectivity index (χ3v) is 3.13. The minimum atomic E-state index is 0.463. The third-order valence-electron chi connectivity index (χ3n) is 2.41. The molecule has 1 atom stereocenters. The van der Waals surface area contributed by atoms with Crippen LogP contribution in [0.5, 0.6) is 0 Å². The first-order valence-electron chi connectivity index (χ1n) is 5.00. The van der Waals surface area contributed by atoms with Crippen molar-refractivity contribution < 1.29 is 0 Å². The Kier molecular flexibility index (Phi) is 4.68. The number of hydrogen-bond donors (Lipinski definition) is 1. The molecule has 0 aliphatic carbocycles. The van der Waals surface area contributed by atoms with Crippen LogP contribution in [0.3, 0.4) is 0 Å². The van der Waals surface area contributed by atoms with Gasteiger partial charge in [-0.25, -0.2) is 0 Å². The maximum Gasteiger partial charge on any atom is 0.151 e. The summed E-state index contributed by atoms with van der Waals surface area (Å²) in [6.07, 6.45) is 3.22. The van der Waals surface area contributed by atoms with Crippen LogP contribution in [0.2, 0.25) is 0 Å². The smallest absolute Gasteiger partial charge is 0.151 e. The van der Waals surface area contributed by atoms with E-state index in [-0.39, 0.29) is 0 Å². The normalized spacial score (nSPS) is 12.5. The number of anilines is 2. The second-order valence-electron chi connectivity index (χ2n) is 3.44. The molecule has 0 amide bonds. The summed E-state index contributed by atoms with van der Waals surface area (Å²) in [5, 5.41) is 7.93. The maximum absolute atomic E-state index is 5.50. The number of nitrogens with zero attached hydrogens (tertiary/aromatic N) is 3. The Hall–Kier alpha value is -0.970. The zero-order chi connectivity index (χ0) is 11.3. The number of aromatic nitrogens is 2. The number of nitrogen functional groups attached to an aromatic ring is 1. The third kappa shape index (κ3) is 3.27. The van der Waals surface area contributed by atoms with Gasteiger partial charge in [0.15, 0.2) is 5.82 Å². The van der Waals surface area contributed by atoms with E-state index >= 15 is 0 Å². The monoisotopic (exact) mass is 226 g/mol. The molecule has 1 aromatic rings. The summed E-state index contributed by atoms with van der Waals surface area (Å²) in [7, 11) is 2.05. The van der Waals surface area contributed by atoms with E-state index in [1.165, 1.54) is 0 Å². The SMILES string of the molecule is CCC(CSC)N(C)c1ccc(N)nn1. The molecule has 0 bridgehead atoms. The fraction of sp³-hybridized carbons (Fsp3) is 0.600. The predicted molar refractivity (Wildman–Crippen MR) is 67.3 cm³/mol. The van der Waals surface area contributed by atoms with Gasteiger partial charge >= 0.3 is 0 Å². The Labute approximate surface area is 95.3 Å². The lowest BCUT2D eigenvalue weighted by molar-refractivity contribution is 0.661. The van der Waals surface area contributed by atoms with Gasteiger partial charge in [0.25, 0.3) is 0 Å². The van der Waals surface area contributed by atoms with Crippen LogP contribution in [0.4, 0.5) is 11.6 Å². The Morgan fingerprint density at radius 2 is 2.20 bits per heavy atom. The van der Waals surface area contributed by atoms with Crippen LogP contribution < -0.4 is 10.6 Å². The Balaban J connectivity index is 2.73. The van der Waals surface area contributed by atoms with Crippen LogP contribution in [0, 0.1) is 0 Å². The lowest BCUT2D eigenvalue weighted by Crippen LogP contribution is -2.33. The van der Waals surface area contributed by atoms with E-state index < -0.39 is 0 Å². The summed E-state index contributed by atoms with van der Waals surface area (Å²) < 4.78 is 0. The fourth-order valence-corrected chi connectivity index (χ4v) is 2.25. The lowest BCUT2D eigenvalue weighted by atomic mass is 10.2.